The lowest BCUT2D eigenvalue weighted by Gasteiger charge is -2.24. The predicted octanol–water partition coefficient (Wildman–Crippen LogP) is 4.68. The summed E-state index contributed by atoms with van der Waals surface area (Å²) in [6.07, 6.45) is 5.43. The summed E-state index contributed by atoms with van der Waals surface area (Å²) < 4.78 is 2.66. The van der Waals surface area contributed by atoms with Crippen molar-refractivity contribution in [1.82, 2.24) is 19.9 Å². The molecule has 2 aliphatic rings. The number of fused-ring (bicyclic) bond motifs is 1. The zero-order valence-electron chi connectivity index (χ0n) is 15.8. The highest BCUT2D eigenvalue weighted by atomic mass is 79.9. The summed E-state index contributed by atoms with van der Waals surface area (Å²) in [5.41, 5.74) is 10.8. The molecule has 1 saturated heterocycles. The number of halogens is 1. The van der Waals surface area contributed by atoms with Gasteiger partial charge < -0.3 is 11.1 Å². The van der Waals surface area contributed by atoms with Gasteiger partial charge in [-0.3, -0.25) is 0 Å². The van der Waals surface area contributed by atoms with Crippen molar-refractivity contribution < 1.29 is 0 Å². The number of nitrogens with zero attached hydrogens (tertiary/aromatic N) is 3. The highest BCUT2D eigenvalue weighted by molar-refractivity contribution is 9.10. The Kier molecular flexibility index (Phi) is 6.64. The summed E-state index contributed by atoms with van der Waals surface area (Å²) in [5.74, 6) is 2.76. The zero-order chi connectivity index (χ0) is 18.7. The van der Waals surface area contributed by atoms with Crippen LogP contribution in [-0.2, 0) is 0 Å². The molecule has 0 aromatic carbocycles. The lowest BCUT2D eigenvalue weighted by Crippen LogP contribution is -2.29. The Morgan fingerprint density at radius 1 is 1.35 bits per heavy atom. The average molecular weight is 438 g/mol. The molecule has 0 bridgehead atoms. The Labute approximate surface area is 168 Å². The summed E-state index contributed by atoms with van der Waals surface area (Å²) in [6, 6.07) is 0. The van der Waals surface area contributed by atoms with E-state index in [1.165, 1.54) is 24.2 Å². The molecule has 1 fully saturated rings. The first-order chi connectivity index (χ1) is 12.7. The van der Waals surface area contributed by atoms with Crippen LogP contribution in [0.25, 0.3) is 11.2 Å². The van der Waals surface area contributed by atoms with Gasteiger partial charge in [0, 0.05) is 18.0 Å². The van der Waals surface area contributed by atoms with Crippen LogP contribution in [0.2, 0.25) is 0 Å². The van der Waals surface area contributed by atoms with Crippen molar-refractivity contribution in [3.05, 3.63) is 27.3 Å². The fourth-order valence-electron chi connectivity index (χ4n) is 3.57. The molecule has 4 heterocycles. The number of nitrogen functional groups attached to an aromatic ring is 1. The molecule has 26 heavy (non-hydrogen) atoms. The summed E-state index contributed by atoms with van der Waals surface area (Å²) in [7, 11) is 0. The number of anilines is 1. The maximum atomic E-state index is 6.37. The van der Waals surface area contributed by atoms with E-state index in [0.29, 0.717) is 17.7 Å². The number of thioether (sulfide) groups is 1. The van der Waals surface area contributed by atoms with E-state index in [4.69, 9.17) is 10.7 Å². The molecule has 4 rings (SSSR count). The molecule has 0 aliphatic carbocycles. The van der Waals surface area contributed by atoms with E-state index in [1.54, 1.807) is 4.52 Å². The Morgan fingerprint density at radius 2 is 2.15 bits per heavy atom. The molecule has 7 heteroatoms. The van der Waals surface area contributed by atoms with Gasteiger partial charge in [0.05, 0.1) is 16.4 Å². The number of rotatable bonds is 2. The Hall–Kier alpha value is -1.05. The third-order valence-electron chi connectivity index (χ3n) is 5.05. The topological polar surface area (TPSA) is 68.2 Å². The number of hydrogen-bond acceptors (Lipinski definition) is 5. The normalized spacial score (nSPS) is 23.3. The molecule has 0 spiro atoms. The van der Waals surface area contributed by atoms with Gasteiger partial charge >= 0.3 is 0 Å². The maximum Gasteiger partial charge on any atom is 0.165 e. The highest BCUT2D eigenvalue weighted by Gasteiger charge is 2.25. The number of allylic oxidation sites excluding steroid dienone is 1. The maximum absolute atomic E-state index is 6.37. The van der Waals surface area contributed by atoms with Crippen molar-refractivity contribution in [3.8, 4) is 0 Å². The molecule has 0 radical (unpaired) electrons. The van der Waals surface area contributed by atoms with Crippen molar-refractivity contribution in [1.29, 1.82) is 0 Å². The van der Waals surface area contributed by atoms with Gasteiger partial charge in [0.2, 0.25) is 0 Å². The fourth-order valence-corrected chi connectivity index (χ4v) is 5.29. The summed E-state index contributed by atoms with van der Waals surface area (Å²) >= 11 is 5.53. The van der Waals surface area contributed by atoms with E-state index >= 15 is 0 Å². The van der Waals surface area contributed by atoms with Gasteiger partial charge in [-0.1, -0.05) is 20.8 Å². The van der Waals surface area contributed by atoms with Gasteiger partial charge in [-0.25, -0.2) is 4.98 Å². The van der Waals surface area contributed by atoms with Crippen LogP contribution in [0.1, 0.15) is 57.2 Å². The van der Waals surface area contributed by atoms with E-state index in [1.807, 2.05) is 31.8 Å². The second-order valence-corrected chi connectivity index (χ2v) is 8.44. The van der Waals surface area contributed by atoms with Crippen LogP contribution in [-0.4, -0.2) is 33.4 Å². The number of aromatic nitrogens is 3. The number of hydrogen-bond donors (Lipinski definition) is 2. The van der Waals surface area contributed by atoms with Gasteiger partial charge in [0.1, 0.15) is 5.82 Å². The third kappa shape index (κ3) is 3.66. The van der Waals surface area contributed by atoms with Crippen molar-refractivity contribution in [2.45, 2.75) is 46.0 Å². The Morgan fingerprint density at radius 3 is 2.85 bits per heavy atom. The van der Waals surface area contributed by atoms with Crippen LogP contribution in [0.3, 0.4) is 0 Å². The summed E-state index contributed by atoms with van der Waals surface area (Å²) in [4.78, 5) is 5.01. The van der Waals surface area contributed by atoms with E-state index in [0.717, 1.165) is 40.9 Å². The SMILES string of the molecule is CC.CC1CCSC=C1c1cnn2c(N)c(Br)c(C3CCCNC3)nc12. The zero-order valence-corrected chi connectivity index (χ0v) is 18.2. The van der Waals surface area contributed by atoms with Crippen LogP contribution >= 0.6 is 27.7 Å². The Balaban J connectivity index is 0.000000948. The molecular weight excluding hydrogens is 410 g/mol. The standard InChI is InChI=1S/C17H22BrN5S.C2H6/c1-10-4-6-24-9-13(10)12-8-21-23-16(19)14(18)15(22-17(12)23)11-3-2-5-20-7-11;1-2/h8-11,20H,2-7,19H2,1H3;1-2H3. The second-order valence-electron chi connectivity index (χ2n) is 6.67. The summed E-state index contributed by atoms with van der Waals surface area (Å²) in [6.45, 7) is 8.33. The lowest BCUT2D eigenvalue weighted by atomic mass is 9.94. The minimum Gasteiger partial charge on any atom is -0.383 e. The molecule has 2 unspecified atom stereocenters. The molecule has 0 saturated carbocycles. The van der Waals surface area contributed by atoms with E-state index in [-0.39, 0.29) is 0 Å². The number of piperidine rings is 1. The van der Waals surface area contributed by atoms with Crippen molar-refractivity contribution in [2.75, 3.05) is 24.6 Å². The minimum absolute atomic E-state index is 0.398. The number of nitrogens with one attached hydrogen (secondary N) is 1. The van der Waals surface area contributed by atoms with E-state index in [9.17, 15) is 0 Å². The van der Waals surface area contributed by atoms with Gasteiger partial charge in [0.25, 0.3) is 0 Å². The minimum atomic E-state index is 0.398. The molecule has 2 aliphatic heterocycles. The molecule has 5 nitrogen and oxygen atoms in total. The van der Waals surface area contributed by atoms with Crippen molar-refractivity contribution in [3.63, 3.8) is 0 Å². The predicted molar refractivity (Wildman–Crippen MR) is 116 cm³/mol. The monoisotopic (exact) mass is 437 g/mol. The lowest BCUT2D eigenvalue weighted by molar-refractivity contribution is 0.453. The highest BCUT2D eigenvalue weighted by Crippen LogP contribution is 2.38. The van der Waals surface area contributed by atoms with Gasteiger partial charge in [0.15, 0.2) is 5.65 Å². The van der Waals surface area contributed by atoms with E-state index in [2.05, 4.69) is 38.7 Å². The molecule has 142 valence electrons. The molecule has 3 N–H and O–H groups in total. The molecule has 2 aromatic rings. The van der Waals surface area contributed by atoms with Crippen molar-refractivity contribution in [2.24, 2.45) is 5.92 Å². The van der Waals surface area contributed by atoms with Crippen LogP contribution in [0.15, 0.2) is 16.1 Å². The molecular formula is C19H28BrN5S. The first-order valence-corrected chi connectivity index (χ1v) is 11.4. The first-order valence-electron chi connectivity index (χ1n) is 9.52. The van der Waals surface area contributed by atoms with Crippen molar-refractivity contribution >= 4 is 44.7 Å². The van der Waals surface area contributed by atoms with Gasteiger partial charge in [-0.05, 0) is 64.4 Å². The average Bonchev–Trinajstić information content (AvgIpc) is 3.11. The van der Waals surface area contributed by atoms with E-state index < -0.39 is 0 Å². The quantitative estimate of drug-likeness (QED) is 0.713. The summed E-state index contributed by atoms with van der Waals surface area (Å²) in [5, 5.41) is 10.2. The second kappa shape index (κ2) is 8.76. The van der Waals surface area contributed by atoms with Crippen LogP contribution < -0.4 is 11.1 Å². The molecule has 0 amide bonds. The largest absolute Gasteiger partial charge is 0.383 e. The van der Waals surface area contributed by atoms with Gasteiger partial charge in [-0.15, -0.1) is 11.8 Å². The number of nitrogens with two attached hydrogens (primary N) is 1. The third-order valence-corrected chi connectivity index (χ3v) is 6.76. The molecule has 2 aromatic heterocycles. The van der Waals surface area contributed by atoms with Crippen LogP contribution in [0.5, 0.6) is 0 Å². The van der Waals surface area contributed by atoms with Crippen LogP contribution in [0, 0.1) is 5.92 Å². The van der Waals surface area contributed by atoms with Crippen LogP contribution in [0.4, 0.5) is 5.82 Å². The Bertz CT molecular complexity index is 795. The fraction of sp³-hybridized carbons (Fsp3) is 0.579. The van der Waals surface area contributed by atoms with Gasteiger partial charge in [-0.2, -0.15) is 9.61 Å². The molecule has 2 atom stereocenters. The smallest absolute Gasteiger partial charge is 0.165 e. The first kappa shape index (κ1) is 19.7.